The molecule has 1 saturated carbocycles. The number of hydrogen-bond acceptors (Lipinski definition) is 1. The lowest BCUT2D eigenvalue weighted by Gasteiger charge is -2.28. The summed E-state index contributed by atoms with van der Waals surface area (Å²) in [6.45, 7) is 4.51. The van der Waals surface area contributed by atoms with Crippen LogP contribution in [0.25, 0.3) is 11.6 Å². The average Bonchev–Trinajstić information content (AvgIpc) is 3.19. The highest BCUT2D eigenvalue weighted by molar-refractivity contribution is 6.25. The number of ketones is 1. The van der Waals surface area contributed by atoms with E-state index in [4.69, 9.17) is 0 Å². The van der Waals surface area contributed by atoms with E-state index >= 15 is 0 Å². The normalized spacial score (nSPS) is 22.2. The molecule has 1 fully saturated rings. The average molecular weight is 431 g/mol. The van der Waals surface area contributed by atoms with Gasteiger partial charge in [0.15, 0.2) is 5.78 Å². The molecule has 0 saturated heterocycles. The molecule has 1 aromatic rings. The third-order valence-electron chi connectivity index (χ3n) is 8.06. The van der Waals surface area contributed by atoms with Crippen LogP contribution in [0.3, 0.4) is 0 Å². The molecule has 1 nitrogen and oxygen atoms in total. The molecule has 0 bridgehead atoms. The van der Waals surface area contributed by atoms with E-state index in [0.717, 1.165) is 41.4 Å². The molecule has 0 unspecified atom stereocenters. The van der Waals surface area contributed by atoms with Crippen LogP contribution in [-0.2, 0) is 11.2 Å². The first-order valence-electron chi connectivity index (χ1n) is 13.5. The lowest BCUT2D eigenvalue weighted by molar-refractivity contribution is -0.112. The van der Waals surface area contributed by atoms with Crippen molar-refractivity contribution in [3.8, 4) is 0 Å². The molecule has 1 aromatic carbocycles. The van der Waals surface area contributed by atoms with Crippen molar-refractivity contribution in [2.75, 3.05) is 0 Å². The zero-order valence-corrected chi connectivity index (χ0v) is 20.4. The Labute approximate surface area is 196 Å². The van der Waals surface area contributed by atoms with E-state index in [1.165, 1.54) is 93.7 Å². The molecule has 0 heterocycles. The van der Waals surface area contributed by atoms with Crippen LogP contribution < -0.4 is 0 Å². The number of carbonyl (C=O) groups is 1. The van der Waals surface area contributed by atoms with Crippen LogP contribution in [0.5, 0.6) is 0 Å². The minimum atomic E-state index is 0.257. The first-order valence-corrected chi connectivity index (χ1v) is 13.5. The van der Waals surface area contributed by atoms with Gasteiger partial charge in [-0.05, 0) is 65.9 Å². The Morgan fingerprint density at radius 1 is 0.781 bits per heavy atom. The van der Waals surface area contributed by atoms with Gasteiger partial charge in [-0.1, -0.05) is 108 Å². The predicted molar refractivity (Wildman–Crippen MR) is 138 cm³/mol. The maximum atomic E-state index is 13.0. The van der Waals surface area contributed by atoms with Gasteiger partial charge in [-0.2, -0.15) is 0 Å². The van der Waals surface area contributed by atoms with Crippen molar-refractivity contribution in [1.29, 1.82) is 0 Å². The van der Waals surface area contributed by atoms with E-state index in [-0.39, 0.29) is 5.78 Å². The molecule has 172 valence electrons. The fourth-order valence-corrected chi connectivity index (χ4v) is 5.94. The summed E-state index contributed by atoms with van der Waals surface area (Å²) in [7, 11) is 0. The molecule has 0 amide bonds. The quantitative estimate of drug-likeness (QED) is 0.320. The number of carbonyl (C=O) groups excluding carboxylic acids is 1. The van der Waals surface area contributed by atoms with Crippen LogP contribution >= 0.6 is 0 Å². The number of fused-ring (bicyclic) bond motifs is 3. The fourth-order valence-electron chi connectivity index (χ4n) is 5.94. The molecule has 0 N–H and O–H groups in total. The minimum absolute atomic E-state index is 0.257. The summed E-state index contributed by atoms with van der Waals surface area (Å²) < 4.78 is 0. The first kappa shape index (κ1) is 23.3. The molecule has 4 rings (SSSR count). The van der Waals surface area contributed by atoms with Crippen molar-refractivity contribution >= 4 is 17.4 Å². The number of unbranched alkanes of at least 4 members (excludes halogenated alkanes) is 4. The Morgan fingerprint density at radius 2 is 1.50 bits per heavy atom. The van der Waals surface area contributed by atoms with Gasteiger partial charge in [-0.25, -0.2) is 0 Å². The second-order valence-corrected chi connectivity index (χ2v) is 10.5. The smallest absolute Gasteiger partial charge is 0.189 e. The van der Waals surface area contributed by atoms with Gasteiger partial charge in [-0.3, -0.25) is 4.79 Å². The third kappa shape index (κ3) is 5.53. The standard InChI is InChI=1S/C31H42O/c1-3-5-7-9-23-11-13-24(14-12-23)15-16-25-17-19-28-27(21-25)22-30-29(28)20-18-26(31(30)32)10-8-6-4-2/h17-24H,3-16H2,1-2H3. The van der Waals surface area contributed by atoms with E-state index in [9.17, 15) is 4.79 Å². The van der Waals surface area contributed by atoms with Crippen LogP contribution in [0, 0.1) is 11.8 Å². The molecule has 0 radical (unpaired) electrons. The van der Waals surface area contributed by atoms with Crippen molar-refractivity contribution in [3.63, 3.8) is 0 Å². The minimum Gasteiger partial charge on any atom is -0.289 e. The zero-order valence-electron chi connectivity index (χ0n) is 20.4. The molecule has 0 aliphatic heterocycles. The van der Waals surface area contributed by atoms with Crippen LogP contribution in [-0.4, -0.2) is 5.78 Å². The highest BCUT2D eigenvalue weighted by Gasteiger charge is 2.28. The second kappa shape index (κ2) is 11.3. The van der Waals surface area contributed by atoms with Gasteiger partial charge in [0.1, 0.15) is 0 Å². The van der Waals surface area contributed by atoms with Crippen LogP contribution in [0.15, 0.2) is 41.5 Å². The van der Waals surface area contributed by atoms with Gasteiger partial charge in [0.05, 0.1) is 0 Å². The number of hydrogen-bond donors (Lipinski definition) is 0. The highest BCUT2D eigenvalue weighted by Crippen LogP contribution is 2.41. The van der Waals surface area contributed by atoms with E-state index in [1.807, 2.05) is 0 Å². The van der Waals surface area contributed by atoms with E-state index in [1.54, 1.807) is 0 Å². The number of rotatable bonds is 11. The van der Waals surface area contributed by atoms with Gasteiger partial charge in [0, 0.05) is 11.1 Å². The topological polar surface area (TPSA) is 17.1 Å². The van der Waals surface area contributed by atoms with Crippen LogP contribution in [0.2, 0.25) is 0 Å². The maximum Gasteiger partial charge on any atom is 0.189 e. The van der Waals surface area contributed by atoms with E-state index in [2.05, 4.69) is 50.3 Å². The molecule has 0 spiro atoms. The predicted octanol–water partition coefficient (Wildman–Crippen LogP) is 8.88. The molecule has 3 aliphatic rings. The first-order chi connectivity index (χ1) is 15.7. The summed E-state index contributed by atoms with van der Waals surface area (Å²) in [5.41, 5.74) is 6.98. The number of allylic oxidation sites excluding steroid dienone is 5. The highest BCUT2D eigenvalue weighted by atomic mass is 16.1. The van der Waals surface area contributed by atoms with Gasteiger partial charge >= 0.3 is 0 Å². The van der Waals surface area contributed by atoms with Crippen molar-refractivity contribution in [1.82, 2.24) is 0 Å². The summed E-state index contributed by atoms with van der Waals surface area (Å²) in [4.78, 5) is 13.0. The lowest BCUT2D eigenvalue weighted by Crippen LogP contribution is -2.15. The Balaban J connectivity index is 1.31. The third-order valence-corrected chi connectivity index (χ3v) is 8.06. The van der Waals surface area contributed by atoms with Crippen LogP contribution in [0.1, 0.15) is 114 Å². The van der Waals surface area contributed by atoms with Crippen molar-refractivity contribution in [3.05, 3.63) is 58.2 Å². The molecule has 0 aromatic heterocycles. The number of Topliss-reactive ketones (excluding diaryl/α,β-unsaturated/α-hetero) is 1. The van der Waals surface area contributed by atoms with Gasteiger partial charge in [0.2, 0.25) is 0 Å². The van der Waals surface area contributed by atoms with Gasteiger partial charge in [0.25, 0.3) is 0 Å². The monoisotopic (exact) mass is 430 g/mol. The SMILES string of the molecule is CCCCCC1=CC=C2C(=Cc3cc(CCC4CCC(CCCCC)CC4)ccc32)C1=O. The second-order valence-electron chi connectivity index (χ2n) is 10.5. The Hall–Kier alpha value is -1.89. The Morgan fingerprint density at radius 3 is 2.25 bits per heavy atom. The van der Waals surface area contributed by atoms with Crippen LogP contribution in [0.4, 0.5) is 0 Å². The Kier molecular flexibility index (Phi) is 8.22. The summed E-state index contributed by atoms with van der Waals surface area (Å²) in [5, 5.41) is 0. The fraction of sp³-hybridized carbons (Fsp3) is 0.581. The maximum absolute atomic E-state index is 13.0. The van der Waals surface area contributed by atoms with Crippen molar-refractivity contribution in [2.45, 2.75) is 104 Å². The molecular weight excluding hydrogens is 388 g/mol. The zero-order chi connectivity index (χ0) is 22.3. The molecule has 3 aliphatic carbocycles. The molecular formula is C31H42O. The summed E-state index contributed by atoms with van der Waals surface area (Å²) in [6.07, 6.45) is 24.7. The largest absolute Gasteiger partial charge is 0.289 e. The molecule has 1 heteroatoms. The summed E-state index contributed by atoms with van der Waals surface area (Å²) in [6, 6.07) is 6.91. The van der Waals surface area contributed by atoms with E-state index < -0.39 is 0 Å². The van der Waals surface area contributed by atoms with Gasteiger partial charge in [-0.15, -0.1) is 0 Å². The summed E-state index contributed by atoms with van der Waals surface area (Å²) >= 11 is 0. The van der Waals surface area contributed by atoms with Crippen molar-refractivity contribution < 1.29 is 4.79 Å². The lowest BCUT2D eigenvalue weighted by atomic mass is 9.77. The summed E-state index contributed by atoms with van der Waals surface area (Å²) in [5.74, 6) is 2.16. The number of aryl methyl sites for hydroxylation is 1. The van der Waals surface area contributed by atoms with E-state index in [0.29, 0.717) is 0 Å². The van der Waals surface area contributed by atoms with Crippen molar-refractivity contribution in [2.24, 2.45) is 11.8 Å². The number of benzene rings is 1. The molecule has 32 heavy (non-hydrogen) atoms. The Bertz CT molecular complexity index is 889. The van der Waals surface area contributed by atoms with Gasteiger partial charge < -0.3 is 0 Å². The molecule has 0 atom stereocenters.